The molecule has 0 saturated carbocycles. The molecule has 3 aromatic rings. The SMILES string of the molecule is O=C(NCCCN1CCOCC1)c1csc(CN(Cc2ccc(F)cc2)Cc2ccc(F)cc2)n1. The van der Waals surface area contributed by atoms with Gasteiger partial charge in [0.1, 0.15) is 22.3 Å². The molecular formula is C26H30F2N4O2S. The van der Waals surface area contributed by atoms with Crippen LogP contribution in [-0.4, -0.2) is 60.1 Å². The maximum Gasteiger partial charge on any atom is 0.270 e. The Morgan fingerprint density at radius 1 is 0.971 bits per heavy atom. The Hall–Kier alpha value is -2.72. The van der Waals surface area contributed by atoms with Gasteiger partial charge in [-0.3, -0.25) is 14.6 Å². The third kappa shape index (κ3) is 8.17. The minimum Gasteiger partial charge on any atom is -0.379 e. The lowest BCUT2D eigenvalue weighted by Crippen LogP contribution is -2.38. The van der Waals surface area contributed by atoms with E-state index in [1.54, 1.807) is 29.6 Å². The number of ether oxygens (including phenoxy) is 1. The van der Waals surface area contributed by atoms with E-state index in [-0.39, 0.29) is 17.5 Å². The summed E-state index contributed by atoms with van der Waals surface area (Å²) in [6.07, 6.45) is 0.881. The summed E-state index contributed by atoms with van der Waals surface area (Å²) in [6, 6.07) is 12.8. The number of hydrogen-bond acceptors (Lipinski definition) is 6. The Kier molecular flexibility index (Phi) is 9.30. The molecule has 1 saturated heterocycles. The van der Waals surface area contributed by atoms with E-state index in [0.29, 0.717) is 31.9 Å². The van der Waals surface area contributed by atoms with E-state index in [1.165, 1.54) is 35.6 Å². The van der Waals surface area contributed by atoms with Crippen LogP contribution in [0.1, 0.15) is 33.0 Å². The maximum atomic E-state index is 13.3. The fourth-order valence-corrected chi connectivity index (χ4v) is 4.78. The predicted octanol–water partition coefficient (Wildman–Crippen LogP) is 4.08. The third-order valence-electron chi connectivity index (χ3n) is 5.82. The molecule has 4 rings (SSSR count). The number of nitrogens with zero attached hydrogens (tertiary/aromatic N) is 3. The summed E-state index contributed by atoms with van der Waals surface area (Å²) in [7, 11) is 0. The fourth-order valence-electron chi connectivity index (χ4n) is 3.96. The molecule has 1 aromatic heterocycles. The molecule has 2 aromatic carbocycles. The number of amides is 1. The molecular weight excluding hydrogens is 470 g/mol. The largest absolute Gasteiger partial charge is 0.379 e. The smallest absolute Gasteiger partial charge is 0.270 e. The molecule has 35 heavy (non-hydrogen) atoms. The average Bonchev–Trinajstić information content (AvgIpc) is 3.34. The summed E-state index contributed by atoms with van der Waals surface area (Å²) in [4.78, 5) is 21.6. The van der Waals surface area contributed by atoms with E-state index in [9.17, 15) is 13.6 Å². The first-order valence-electron chi connectivity index (χ1n) is 11.8. The van der Waals surface area contributed by atoms with Gasteiger partial charge in [0, 0.05) is 38.1 Å². The van der Waals surface area contributed by atoms with Gasteiger partial charge in [0.05, 0.1) is 19.8 Å². The topological polar surface area (TPSA) is 57.7 Å². The molecule has 2 heterocycles. The molecule has 0 spiro atoms. The molecule has 1 aliphatic rings. The lowest BCUT2D eigenvalue weighted by Gasteiger charge is -2.26. The Morgan fingerprint density at radius 2 is 1.57 bits per heavy atom. The Bertz CT molecular complexity index is 1020. The molecule has 6 nitrogen and oxygen atoms in total. The molecule has 0 unspecified atom stereocenters. The number of carbonyl (C=O) groups is 1. The van der Waals surface area contributed by atoms with Gasteiger partial charge in [-0.25, -0.2) is 13.8 Å². The second kappa shape index (κ2) is 12.8. The first kappa shape index (κ1) is 25.4. The third-order valence-corrected chi connectivity index (χ3v) is 6.66. The van der Waals surface area contributed by atoms with Crippen molar-refractivity contribution in [3.63, 3.8) is 0 Å². The Labute approximate surface area is 208 Å². The van der Waals surface area contributed by atoms with E-state index in [4.69, 9.17) is 4.74 Å². The molecule has 1 amide bonds. The zero-order chi connectivity index (χ0) is 24.5. The second-order valence-electron chi connectivity index (χ2n) is 8.59. The van der Waals surface area contributed by atoms with Crippen molar-refractivity contribution in [2.75, 3.05) is 39.4 Å². The van der Waals surface area contributed by atoms with Crippen molar-refractivity contribution < 1.29 is 18.3 Å². The molecule has 0 bridgehead atoms. The van der Waals surface area contributed by atoms with Crippen LogP contribution in [0, 0.1) is 11.6 Å². The Balaban J connectivity index is 1.33. The van der Waals surface area contributed by atoms with Gasteiger partial charge in [0.2, 0.25) is 0 Å². The van der Waals surface area contributed by atoms with E-state index >= 15 is 0 Å². The molecule has 0 aliphatic carbocycles. The van der Waals surface area contributed by atoms with Crippen molar-refractivity contribution in [3.8, 4) is 0 Å². The highest BCUT2D eigenvalue weighted by Gasteiger charge is 2.15. The normalized spacial score (nSPS) is 14.4. The molecule has 9 heteroatoms. The van der Waals surface area contributed by atoms with Gasteiger partial charge in [0.25, 0.3) is 5.91 Å². The van der Waals surface area contributed by atoms with Crippen LogP contribution < -0.4 is 5.32 Å². The quantitative estimate of drug-likeness (QED) is 0.402. The highest BCUT2D eigenvalue weighted by molar-refractivity contribution is 7.09. The van der Waals surface area contributed by atoms with E-state index in [1.807, 2.05) is 0 Å². The number of thiazole rings is 1. The second-order valence-corrected chi connectivity index (χ2v) is 9.53. The molecule has 1 N–H and O–H groups in total. The lowest BCUT2D eigenvalue weighted by atomic mass is 10.1. The number of nitrogens with one attached hydrogen (secondary N) is 1. The predicted molar refractivity (Wildman–Crippen MR) is 132 cm³/mol. The number of aromatic nitrogens is 1. The van der Waals surface area contributed by atoms with Crippen LogP contribution in [0.4, 0.5) is 8.78 Å². The van der Waals surface area contributed by atoms with Gasteiger partial charge < -0.3 is 10.1 Å². The number of hydrogen-bond donors (Lipinski definition) is 1. The van der Waals surface area contributed by atoms with Crippen LogP contribution in [0.3, 0.4) is 0 Å². The van der Waals surface area contributed by atoms with Gasteiger partial charge in [-0.1, -0.05) is 24.3 Å². The minimum absolute atomic E-state index is 0.168. The average molecular weight is 501 g/mol. The van der Waals surface area contributed by atoms with Gasteiger partial charge in [-0.15, -0.1) is 11.3 Å². The van der Waals surface area contributed by atoms with Crippen molar-refractivity contribution in [2.24, 2.45) is 0 Å². The number of benzene rings is 2. The van der Waals surface area contributed by atoms with Crippen molar-refractivity contribution in [2.45, 2.75) is 26.1 Å². The van der Waals surface area contributed by atoms with Crippen molar-refractivity contribution >= 4 is 17.2 Å². The van der Waals surface area contributed by atoms with Gasteiger partial charge in [-0.2, -0.15) is 0 Å². The standard InChI is InChI=1S/C26H30F2N4O2S/c27-22-6-2-20(3-7-22)16-32(17-21-4-8-23(28)9-5-21)18-25-30-24(19-35-25)26(33)29-10-1-11-31-12-14-34-15-13-31/h2-9,19H,1,10-18H2,(H,29,33). The zero-order valence-corrected chi connectivity index (χ0v) is 20.4. The monoisotopic (exact) mass is 500 g/mol. The number of rotatable bonds is 11. The van der Waals surface area contributed by atoms with Gasteiger partial charge in [-0.05, 0) is 48.4 Å². The van der Waals surface area contributed by atoms with Crippen LogP contribution in [0.15, 0.2) is 53.9 Å². The van der Waals surface area contributed by atoms with E-state index in [0.717, 1.165) is 55.4 Å². The molecule has 0 radical (unpaired) electrons. The van der Waals surface area contributed by atoms with Crippen LogP contribution in [0.2, 0.25) is 0 Å². The van der Waals surface area contributed by atoms with Crippen molar-refractivity contribution in [3.05, 3.63) is 87.4 Å². The van der Waals surface area contributed by atoms with Crippen molar-refractivity contribution in [1.82, 2.24) is 20.1 Å². The Morgan fingerprint density at radius 3 is 2.17 bits per heavy atom. The lowest BCUT2D eigenvalue weighted by molar-refractivity contribution is 0.0374. The highest BCUT2D eigenvalue weighted by Crippen LogP contribution is 2.18. The summed E-state index contributed by atoms with van der Waals surface area (Å²) in [5.41, 5.74) is 2.34. The molecule has 1 fully saturated rings. The highest BCUT2D eigenvalue weighted by atomic mass is 32.1. The molecule has 186 valence electrons. The van der Waals surface area contributed by atoms with Crippen LogP contribution in [0.25, 0.3) is 0 Å². The van der Waals surface area contributed by atoms with Crippen LogP contribution in [-0.2, 0) is 24.4 Å². The first-order valence-corrected chi connectivity index (χ1v) is 12.7. The summed E-state index contributed by atoms with van der Waals surface area (Å²) < 4.78 is 32.0. The maximum absolute atomic E-state index is 13.3. The minimum atomic E-state index is -0.278. The van der Waals surface area contributed by atoms with Gasteiger partial charge >= 0.3 is 0 Å². The summed E-state index contributed by atoms with van der Waals surface area (Å²) in [5.74, 6) is -0.725. The van der Waals surface area contributed by atoms with Gasteiger partial charge in [0.15, 0.2) is 0 Å². The molecule has 1 aliphatic heterocycles. The summed E-state index contributed by atoms with van der Waals surface area (Å²) >= 11 is 1.44. The van der Waals surface area contributed by atoms with Crippen molar-refractivity contribution in [1.29, 1.82) is 0 Å². The zero-order valence-electron chi connectivity index (χ0n) is 19.6. The summed E-state index contributed by atoms with van der Waals surface area (Å²) in [6.45, 7) is 6.62. The number of halogens is 2. The number of morpholine rings is 1. The van der Waals surface area contributed by atoms with Crippen LogP contribution >= 0.6 is 11.3 Å². The number of carbonyl (C=O) groups excluding carboxylic acids is 1. The van der Waals surface area contributed by atoms with E-state index < -0.39 is 0 Å². The van der Waals surface area contributed by atoms with E-state index in [2.05, 4.69) is 20.1 Å². The fraction of sp³-hybridized carbons (Fsp3) is 0.385. The molecule has 0 atom stereocenters. The summed E-state index contributed by atoms with van der Waals surface area (Å²) in [5, 5.41) is 5.55. The first-order chi connectivity index (χ1) is 17.0. The van der Waals surface area contributed by atoms with Crippen LogP contribution in [0.5, 0.6) is 0 Å².